The molecule has 3 aromatic rings. The number of carbonyl (C=O) groups excluding carboxylic acids is 3. The second-order valence-corrected chi connectivity index (χ2v) is 16.9. The summed E-state index contributed by atoms with van der Waals surface area (Å²) in [6.45, 7) is 15.8. The molecule has 0 aromatic heterocycles. The third-order valence-electron chi connectivity index (χ3n) is 10.3. The first-order chi connectivity index (χ1) is 24.9. The summed E-state index contributed by atoms with van der Waals surface area (Å²) in [7, 11) is -2.91. The molecule has 3 amide bonds. The van der Waals surface area contributed by atoms with Crippen LogP contribution in [0.15, 0.2) is 76.6 Å². The van der Waals surface area contributed by atoms with Gasteiger partial charge in [-0.15, -0.1) is 0 Å². The minimum atomic E-state index is -4.34. The molecule has 284 valence electrons. The Balaban J connectivity index is 1.53. The van der Waals surface area contributed by atoms with E-state index in [-0.39, 0.29) is 52.5 Å². The second kappa shape index (κ2) is 14.8. The summed E-state index contributed by atoms with van der Waals surface area (Å²) in [6, 6.07) is 17.1. The van der Waals surface area contributed by atoms with Gasteiger partial charge in [0, 0.05) is 18.5 Å². The number of aliphatic imine (C=N–C) groups is 1. The lowest BCUT2D eigenvalue weighted by Crippen LogP contribution is -2.59. The molecule has 0 bridgehead atoms. The van der Waals surface area contributed by atoms with Gasteiger partial charge in [0.1, 0.15) is 16.4 Å². The van der Waals surface area contributed by atoms with Gasteiger partial charge < -0.3 is 19.5 Å². The number of nitrogens with one attached hydrogen (secondary N) is 1. The zero-order valence-electron chi connectivity index (χ0n) is 32.0. The molecule has 0 saturated carbocycles. The number of benzene rings is 3. The van der Waals surface area contributed by atoms with Crippen LogP contribution in [0.4, 0.5) is 16.2 Å². The topological polar surface area (TPSA) is 144 Å². The smallest absolute Gasteiger partial charge is 0.418 e. The molecule has 3 aromatic carbocycles. The average Bonchev–Trinajstić information content (AvgIpc) is 3.32. The summed E-state index contributed by atoms with van der Waals surface area (Å²) in [5.74, 6) is -1.04. The first-order valence-corrected chi connectivity index (χ1v) is 19.3. The Kier molecular flexibility index (Phi) is 11.0. The highest BCUT2D eigenvalue weighted by atomic mass is 32.2. The molecule has 13 heteroatoms. The van der Waals surface area contributed by atoms with Crippen LogP contribution in [-0.2, 0) is 35.2 Å². The number of amidine groups is 1. The van der Waals surface area contributed by atoms with Crippen LogP contribution in [0.2, 0.25) is 0 Å². The van der Waals surface area contributed by atoms with E-state index in [0.29, 0.717) is 16.4 Å². The number of amides is 3. The van der Waals surface area contributed by atoms with E-state index in [1.165, 1.54) is 38.7 Å². The van der Waals surface area contributed by atoms with Gasteiger partial charge in [0.2, 0.25) is 0 Å². The van der Waals surface area contributed by atoms with Gasteiger partial charge >= 0.3 is 6.09 Å². The first-order valence-electron chi connectivity index (χ1n) is 17.9. The molecule has 1 unspecified atom stereocenters. The van der Waals surface area contributed by atoms with Gasteiger partial charge in [-0.05, 0) is 73.4 Å². The summed E-state index contributed by atoms with van der Waals surface area (Å²) >= 11 is 0. The number of rotatable bonds is 14. The number of sulfonamides is 1. The minimum Gasteiger partial charge on any atom is -0.495 e. The van der Waals surface area contributed by atoms with Crippen molar-refractivity contribution in [2.75, 3.05) is 25.6 Å². The Bertz CT molecular complexity index is 2040. The number of methoxy groups -OCH3 is 1. The fourth-order valence-electron chi connectivity index (χ4n) is 6.22. The van der Waals surface area contributed by atoms with Gasteiger partial charge in [-0.25, -0.2) is 23.1 Å². The van der Waals surface area contributed by atoms with E-state index in [4.69, 9.17) is 14.2 Å². The molecular formula is C40H50N4O8S. The standard InChI is InChI=1S/C40H50N4O8S/c1-10-38(3,4)26-21-22-30(27(25-26)39(5,6)11-2)51-24-16-23-43-34(41-29-18-13-15-20-32(29)53(43,48)49)33(44-36(46)40(7,8)52-37(44)47)35(45)42-28-17-12-14-19-31(28)50-9/h12-15,17-22,25,33H,10-11,16,23-24H2,1-9H3,(H,42,45). The Morgan fingerprint density at radius 3 is 2.25 bits per heavy atom. The lowest BCUT2D eigenvalue weighted by molar-refractivity contribution is -0.137. The van der Waals surface area contributed by atoms with Crippen LogP contribution in [0.3, 0.4) is 0 Å². The Labute approximate surface area is 312 Å². The normalized spacial score (nSPS) is 17.1. The van der Waals surface area contributed by atoms with Crippen LogP contribution in [-0.4, -0.2) is 73.3 Å². The second-order valence-electron chi connectivity index (χ2n) is 15.0. The quantitative estimate of drug-likeness (QED) is 0.169. The summed E-state index contributed by atoms with van der Waals surface area (Å²) in [5.41, 5.74) is 0.728. The number of anilines is 1. The van der Waals surface area contributed by atoms with E-state index in [1.807, 2.05) is 6.07 Å². The highest BCUT2D eigenvalue weighted by molar-refractivity contribution is 7.90. The number of carbonyl (C=O) groups is 3. The molecule has 53 heavy (non-hydrogen) atoms. The van der Waals surface area contributed by atoms with Crippen LogP contribution < -0.4 is 14.8 Å². The Morgan fingerprint density at radius 2 is 1.60 bits per heavy atom. The minimum absolute atomic E-state index is 0.0292. The van der Waals surface area contributed by atoms with Crippen molar-refractivity contribution in [1.82, 2.24) is 9.21 Å². The van der Waals surface area contributed by atoms with Crippen LogP contribution in [0.5, 0.6) is 11.5 Å². The Morgan fingerprint density at radius 1 is 0.943 bits per heavy atom. The summed E-state index contributed by atoms with van der Waals surface area (Å²) in [5, 5.41) is 2.72. The fraction of sp³-hybridized carbons (Fsp3) is 0.450. The van der Waals surface area contributed by atoms with Crippen molar-refractivity contribution < 1.29 is 37.0 Å². The van der Waals surface area contributed by atoms with Crippen LogP contribution in [0.25, 0.3) is 0 Å². The highest BCUT2D eigenvalue weighted by Gasteiger charge is 2.55. The third kappa shape index (κ3) is 7.62. The van der Waals surface area contributed by atoms with Gasteiger partial charge in [-0.2, -0.15) is 0 Å². The van der Waals surface area contributed by atoms with Crippen LogP contribution >= 0.6 is 0 Å². The number of hydrogen-bond donors (Lipinski definition) is 1. The molecule has 12 nitrogen and oxygen atoms in total. The molecule has 5 rings (SSSR count). The predicted molar refractivity (Wildman–Crippen MR) is 203 cm³/mol. The van der Waals surface area contributed by atoms with E-state index in [9.17, 15) is 22.8 Å². The average molecular weight is 747 g/mol. The van der Waals surface area contributed by atoms with Crippen molar-refractivity contribution in [2.45, 2.75) is 102 Å². The maximum Gasteiger partial charge on any atom is 0.418 e. The molecule has 0 radical (unpaired) electrons. The van der Waals surface area contributed by atoms with Gasteiger partial charge in [0.25, 0.3) is 21.8 Å². The number of cyclic esters (lactones) is 1. The maximum atomic E-state index is 14.4. The molecule has 1 atom stereocenters. The van der Waals surface area contributed by atoms with E-state index in [2.05, 4.69) is 64.0 Å². The Hall–Kier alpha value is -4.91. The lowest BCUT2D eigenvalue weighted by Gasteiger charge is -2.35. The van der Waals surface area contributed by atoms with Gasteiger partial charge in [-0.3, -0.25) is 13.9 Å². The number of hydrogen-bond acceptors (Lipinski definition) is 9. The van der Waals surface area contributed by atoms with E-state index < -0.39 is 39.6 Å². The van der Waals surface area contributed by atoms with E-state index in [0.717, 1.165) is 22.7 Å². The molecule has 0 spiro atoms. The number of nitrogens with zero attached hydrogens (tertiary/aromatic N) is 3. The SMILES string of the molecule is CCC(C)(C)c1ccc(OCCCN2C(C(C(=O)Nc3ccccc3OC)N3C(=O)OC(C)(C)C3=O)=Nc3ccccc3S2(=O)=O)c(C(C)(C)CC)c1. The first kappa shape index (κ1) is 39.3. The molecule has 2 heterocycles. The van der Waals surface area contributed by atoms with Crippen molar-refractivity contribution >= 4 is 45.1 Å². The molecular weight excluding hydrogens is 697 g/mol. The zero-order valence-corrected chi connectivity index (χ0v) is 32.8. The van der Waals surface area contributed by atoms with Gasteiger partial charge in [-0.1, -0.05) is 77.9 Å². The summed E-state index contributed by atoms with van der Waals surface area (Å²) in [6.07, 6.45) is 0.909. The number of fused-ring (bicyclic) bond motifs is 1. The third-order valence-corrected chi connectivity index (χ3v) is 12.2. The molecule has 1 fully saturated rings. The molecule has 2 aliphatic rings. The van der Waals surface area contributed by atoms with E-state index in [1.54, 1.807) is 36.4 Å². The van der Waals surface area contributed by atoms with E-state index >= 15 is 0 Å². The fourth-order valence-corrected chi connectivity index (χ4v) is 7.84. The van der Waals surface area contributed by atoms with Crippen LogP contribution in [0.1, 0.15) is 85.8 Å². The van der Waals surface area contributed by atoms with Gasteiger partial charge in [0.05, 0.1) is 25.1 Å². The summed E-state index contributed by atoms with van der Waals surface area (Å²) < 4.78 is 46.9. The lowest BCUT2D eigenvalue weighted by atomic mass is 9.76. The maximum absolute atomic E-state index is 14.4. The molecule has 1 saturated heterocycles. The van der Waals surface area contributed by atoms with Gasteiger partial charge in [0.15, 0.2) is 17.5 Å². The monoisotopic (exact) mass is 746 g/mol. The van der Waals surface area contributed by atoms with Crippen molar-refractivity contribution in [3.8, 4) is 11.5 Å². The number of imide groups is 1. The highest BCUT2D eigenvalue weighted by Crippen LogP contribution is 2.39. The molecule has 1 N–H and O–H groups in total. The number of ether oxygens (including phenoxy) is 3. The summed E-state index contributed by atoms with van der Waals surface area (Å²) in [4.78, 5) is 46.6. The number of para-hydroxylation sites is 3. The van der Waals surface area contributed by atoms with Crippen LogP contribution in [0, 0.1) is 0 Å². The molecule has 2 aliphatic heterocycles. The zero-order chi connectivity index (χ0) is 38.9. The predicted octanol–water partition coefficient (Wildman–Crippen LogP) is 7.34. The van der Waals surface area contributed by atoms with Crippen molar-refractivity contribution in [2.24, 2.45) is 4.99 Å². The van der Waals surface area contributed by atoms with Crippen molar-refractivity contribution in [3.63, 3.8) is 0 Å². The van der Waals surface area contributed by atoms with Crippen molar-refractivity contribution in [3.05, 3.63) is 77.9 Å². The largest absolute Gasteiger partial charge is 0.495 e. The molecule has 0 aliphatic carbocycles. The van der Waals surface area contributed by atoms with Crippen molar-refractivity contribution in [1.29, 1.82) is 0 Å².